The molecule has 0 spiro atoms. The van der Waals surface area contributed by atoms with E-state index in [-0.39, 0.29) is 12.5 Å². The van der Waals surface area contributed by atoms with E-state index in [9.17, 15) is 14.0 Å². The van der Waals surface area contributed by atoms with Crippen molar-refractivity contribution >= 4 is 18.0 Å². The predicted molar refractivity (Wildman–Crippen MR) is 72.4 cm³/mol. The summed E-state index contributed by atoms with van der Waals surface area (Å²) in [6, 6.07) is 6.17. The van der Waals surface area contributed by atoms with Gasteiger partial charge in [-0.25, -0.2) is 4.39 Å². The number of piperidine rings is 1. The smallest absolute Gasteiger partial charge is 0.308 e. The monoisotopic (exact) mass is 277 g/mol. The normalized spacial score (nSPS) is 19.2. The van der Waals surface area contributed by atoms with E-state index >= 15 is 0 Å². The summed E-state index contributed by atoms with van der Waals surface area (Å²) in [5.74, 6) is -2.05. The third-order valence-corrected chi connectivity index (χ3v) is 3.39. The fraction of sp³-hybridized carbons (Fsp3) is 0.333. The number of likely N-dealkylation sites (tertiary alicyclic amines) is 1. The lowest BCUT2D eigenvalue weighted by Gasteiger charge is -2.29. The largest absolute Gasteiger partial charge is 0.481 e. The molecule has 1 fully saturated rings. The first-order chi connectivity index (χ1) is 9.58. The molecule has 1 amide bonds. The number of hydrogen-bond acceptors (Lipinski definition) is 2. The van der Waals surface area contributed by atoms with E-state index in [0.29, 0.717) is 24.9 Å². The topological polar surface area (TPSA) is 57.6 Å². The molecular formula is C15H16FNO3. The van der Waals surface area contributed by atoms with E-state index in [1.54, 1.807) is 18.2 Å². The van der Waals surface area contributed by atoms with Crippen LogP contribution in [0.15, 0.2) is 30.3 Å². The van der Waals surface area contributed by atoms with E-state index in [1.807, 2.05) is 0 Å². The fourth-order valence-electron chi connectivity index (χ4n) is 2.26. The molecule has 0 bridgehead atoms. The van der Waals surface area contributed by atoms with E-state index in [4.69, 9.17) is 5.11 Å². The molecule has 5 heteroatoms. The molecule has 0 aromatic heterocycles. The summed E-state index contributed by atoms with van der Waals surface area (Å²) in [7, 11) is 0. The van der Waals surface area contributed by atoms with Crippen LogP contribution in [0.1, 0.15) is 18.4 Å². The molecule has 1 saturated heterocycles. The second kappa shape index (κ2) is 6.32. The summed E-state index contributed by atoms with van der Waals surface area (Å²) in [4.78, 5) is 24.4. The van der Waals surface area contributed by atoms with Crippen LogP contribution in [-0.2, 0) is 9.59 Å². The molecule has 0 unspecified atom stereocenters. The van der Waals surface area contributed by atoms with E-state index < -0.39 is 17.7 Å². The van der Waals surface area contributed by atoms with E-state index in [1.165, 1.54) is 23.1 Å². The maximum Gasteiger partial charge on any atom is 0.308 e. The van der Waals surface area contributed by atoms with Crippen LogP contribution in [0, 0.1) is 11.7 Å². The molecule has 4 nitrogen and oxygen atoms in total. The van der Waals surface area contributed by atoms with Gasteiger partial charge in [0.05, 0.1) is 5.92 Å². The predicted octanol–water partition coefficient (Wildman–Crippen LogP) is 2.16. The summed E-state index contributed by atoms with van der Waals surface area (Å²) in [6.45, 7) is 0.764. The van der Waals surface area contributed by atoms with Crippen molar-refractivity contribution in [3.8, 4) is 0 Å². The van der Waals surface area contributed by atoms with Crippen LogP contribution in [0.3, 0.4) is 0 Å². The van der Waals surface area contributed by atoms with Crippen molar-refractivity contribution in [3.05, 3.63) is 41.7 Å². The quantitative estimate of drug-likeness (QED) is 0.861. The maximum absolute atomic E-state index is 13.4. The highest BCUT2D eigenvalue weighted by Gasteiger charge is 2.27. The number of carboxylic acids is 1. The zero-order valence-electron chi connectivity index (χ0n) is 11.0. The molecule has 1 aliphatic heterocycles. The third kappa shape index (κ3) is 3.44. The fourth-order valence-corrected chi connectivity index (χ4v) is 2.26. The average molecular weight is 277 g/mol. The van der Waals surface area contributed by atoms with Crippen LogP contribution in [-0.4, -0.2) is 35.0 Å². The van der Waals surface area contributed by atoms with Crippen LogP contribution < -0.4 is 0 Å². The lowest BCUT2D eigenvalue weighted by Crippen LogP contribution is -2.41. The molecule has 1 aliphatic rings. The highest BCUT2D eigenvalue weighted by molar-refractivity contribution is 5.92. The Labute approximate surface area is 116 Å². The van der Waals surface area contributed by atoms with Crippen molar-refractivity contribution in [2.75, 3.05) is 13.1 Å². The van der Waals surface area contributed by atoms with Gasteiger partial charge in [-0.05, 0) is 25.0 Å². The molecule has 1 N–H and O–H groups in total. The van der Waals surface area contributed by atoms with E-state index in [0.717, 1.165) is 0 Å². The number of carboxylic acid groups (broad SMARTS) is 1. The van der Waals surface area contributed by atoms with Crippen molar-refractivity contribution in [2.45, 2.75) is 12.8 Å². The number of benzene rings is 1. The number of nitrogens with zero attached hydrogens (tertiary/aromatic N) is 1. The molecule has 20 heavy (non-hydrogen) atoms. The Morgan fingerprint density at radius 2 is 2.10 bits per heavy atom. The van der Waals surface area contributed by atoms with Crippen molar-refractivity contribution in [3.63, 3.8) is 0 Å². The molecule has 1 aromatic rings. The van der Waals surface area contributed by atoms with Gasteiger partial charge in [0.25, 0.3) is 0 Å². The molecule has 0 aliphatic carbocycles. The molecule has 106 valence electrons. The number of halogens is 1. The van der Waals surface area contributed by atoms with Gasteiger partial charge < -0.3 is 10.0 Å². The molecule has 1 atom stereocenters. The summed E-state index contributed by atoms with van der Waals surface area (Å²) >= 11 is 0. The minimum Gasteiger partial charge on any atom is -0.481 e. The molecule has 0 saturated carbocycles. The zero-order valence-corrected chi connectivity index (χ0v) is 11.0. The Morgan fingerprint density at radius 3 is 2.80 bits per heavy atom. The van der Waals surface area contributed by atoms with Gasteiger partial charge in [-0.1, -0.05) is 18.2 Å². The number of carbonyl (C=O) groups is 2. The minimum absolute atomic E-state index is 0.218. The van der Waals surface area contributed by atoms with Gasteiger partial charge in [0.1, 0.15) is 5.82 Å². The Hall–Kier alpha value is -2.17. The molecule has 1 heterocycles. The van der Waals surface area contributed by atoms with Crippen LogP contribution >= 0.6 is 0 Å². The zero-order chi connectivity index (χ0) is 14.5. The van der Waals surface area contributed by atoms with Gasteiger partial charge in [-0.15, -0.1) is 0 Å². The summed E-state index contributed by atoms with van der Waals surface area (Å²) in [5.41, 5.74) is 0.340. The van der Waals surface area contributed by atoms with Crippen LogP contribution in [0.5, 0.6) is 0 Å². The highest BCUT2D eigenvalue weighted by Crippen LogP contribution is 2.17. The number of amides is 1. The van der Waals surface area contributed by atoms with Crippen LogP contribution in [0.2, 0.25) is 0 Å². The number of aliphatic carboxylic acids is 1. The standard InChI is InChI=1S/C15H16FNO3/c16-13-6-2-1-4-11(13)7-8-14(18)17-9-3-5-12(10-17)15(19)20/h1-2,4,6-8,12H,3,5,9-10H2,(H,19,20)/b8-7+/t12-/m1/s1. The Morgan fingerprint density at radius 1 is 1.35 bits per heavy atom. The van der Waals surface area contributed by atoms with Gasteiger partial charge in [-0.2, -0.15) is 0 Å². The van der Waals surface area contributed by atoms with Gasteiger partial charge in [0, 0.05) is 24.7 Å². The minimum atomic E-state index is -0.874. The van der Waals surface area contributed by atoms with Gasteiger partial charge in [0.2, 0.25) is 5.91 Å². The van der Waals surface area contributed by atoms with Gasteiger partial charge in [0.15, 0.2) is 0 Å². The first-order valence-corrected chi connectivity index (χ1v) is 6.52. The first kappa shape index (κ1) is 14.2. The summed E-state index contributed by atoms with van der Waals surface area (Å²) in [6.07, 6.45) is 3.98. The molecule has 2 rings (SSSR count). The second-order valence-corrected chi connectivity index (χ2v) is 4.82. The van der Waals surface area contributed by atoms with Crippen molar-refractivity contribution in [2.24, 2.45) is 5.92 Å². The second-order valence-electron chi connectivity index (χ2n) is 4.82. The highest BCUT2D eigenvalue weighted by atomic mass is 19.1. The van der Waals surface area contributed by atoms with Crippen molar-refractivity contribution in [1.82, 2.24) is 4.90 Å². The number of rotatable bonds is 3. The van der Waals surface area contributed by atoms with Gasteiger partial charge >= 0.3 is 5.97 Å². The van der Waals surface area contributed by atoms with Crippen molar-refractivity contribution in [1.29, 1.82) is 0 Å². The Kier molecular flexibility index (Phi) is 4.50. The Balaban J connectivity index is 2.01. The SMILES string of the molecule is O=C(O)[C@@H]1CCCN(C(=O)/C=C/c2ccccc2F)C1. The maximum atomic E-state index is 13.4. The lowest BCUT2D eigenvalue weighted by molar-refractivity contribution is -0.144. The van der Waals surface area contributed by atoms with Gasteiger partial charge in [-0.3, -0.25) is 9.59 Å². The third-order valence-electron chi connectivity index (χ3n) is 3.39. The first-order valence-electron chi connectivity index (χ1n) is 6.52. The molecule has 0 radical (unpaired) electrons. The molecule has 1 aromatic carbocycles. The van der Waals surface area contributed by atoms with Crippen LogP contribution in [0.4, 0.5) is 4.39 Å². The molecular weight excluding hydrogens is 261 g/mol. The number of hydrogen-bond donors (Lipinski definition) is 1. The summed E-state index contributed by atoms with van der Waals surface area (Å²) < 4.78 is 13.4. The average Bonchev–Trinajstić information content (AvgIpc) is 2.46. The van der Waals surface area contributed by atoms with Crippen LogP contribution in [0.25, 0.3) is 6.08 Å². The lowest BCUT2D eigenvalue weighted by atomic mass is 9.98. The number of carbonyl (C=O) groups excluding carboxylic acids is 1. The van der Waals surface area contributed by atoms with E-state index in [2.05, 4.69) is 0 Å². The summed E-state index contributed by atoms with van der Waals surface area (Å²) in [5, 5.41) is 8.98. The van der Waals surface area contributed by atoms with Crippen molar-refractivity contribution < 1.29 is 19.1 Å². The Bertz CT molecular complexity index is 542.